The molecule has 0 bridgehead atoms. The lowest BCUT2D eigenvalue weighted by Crippen LogP contribution is -2.33. The molecule has 0 saturated carbocycles. The highest BCUT2D eigenvalue weighted by Crippen LogP contribution is 2.32. The minimum absolute atomic E-state index is 0.00731. The van der Waals surface area contributed by atoms with E-state index in [-0.39, 0.29) is 43.8 Å². The third kappa shape index (κ3) is 6.34. The van der Waals surface area contributed by atoms with Crippen LogP contribution in [0.15, 0.2) is 54.6 Å². The second-order valence-corrected chi connectivity index (χ2v) is 6.69. The van der Waals surface area contributed by atoms with Crippen molar-refractivity contribution in [1.29, 1.82) is 5.26 Å². The number of benzene rings is 2. The van der Waals surface area contributed by atoms with E-state index in [1.165, 1.54) is 35.0 Å². The van der Waals surface area contributed by atoms with Crippen LogP contribution in [-0.4, -0.2) is 30.3 Å². The molecule has 2 rings (SSSR count). The van der Waals surface area contributed by atoms with Crippen molar-refractivity contribution in [3.63, 3.8) is 0 Å². The lowest BCUT2D eigenvalue weighted by atomic mass is 10.1. The second kappa shape index (κ2) is 10.4. The highest BCUT2D eigenvalue weighted by atomic mass is 19.4. The second-order valence-electron chi connectivity index (χ2n) is 6.69. The lowest BCUT2D eigenvalue weighted by molar-refractivity contribution is -0.139. The molecule has 158 valence electrons. The molecule has 0 N–H and O–H groups in total. The van der Waals surface area contributed by atoms with Crippen LogP contribution in [0.2, 0.25) is 0 Å². The molecule has 0 fully saturated rings. The number of anilines is 1. The van der Waals surface area contributed by atoms with Gasteiger partial charge in [-0.1, -0.05) is 36.4 Å². The first-order valence-electron chi connectivity index (χ1n) is 9.35. The first-order chi connectivity index (χ1) is 14.2. The summed E-state index contributed by atoms with van der Waals surface area (Å²) in [5, 5.41) is 8.83. The Morgan fingerprint density at radius 2 is 1.57 bits per heavy atom. The summed E-state index contributed by atoms with van der Waals surface area (Å²) in [6.45, 7) is -0.0120. The first-order valence-corrected chi connectivity index (χ1v) is 9.35. The van der Waals surface area contributed by atoms with Crippen molar-refractivity contribution in [2.75, 3.05) is 18.5 Å². The van der Waals surface area contributed by atoms with E-state index < -0.39 is 17.6 Å². The van der Waals surface area contributed by atoms with E-state index in [0.717, 1.165) is 6.07 Å². The SMILES string of the molecule is CN(Cc1ccccc1C(F)(F)F)C(=O)CCC(=O)N(CCC#N)c1ccccc1. The van der Waals surface area contributed by atoms with Crippen LogP contribution in [0.5, 0.6) is 0 Å². The molecule has 2 aromatic carbocycles. The molecule has 0 aromatic heterocycles. The molecule has 8 heteroatoms. The van der Waals surface area contributed by atoms with Crippen LogP contribution in [0.4, 0.5) is 18.9 Å². The fourth-order valence-corrected chi connectivity index (χ4v) is 2.99. The van der Waals surface area contributed by atoms with E-state index in [1.54, 1.807) is 30.3 Å². The zero-order valence-electron chi connectivity index (χ0n) is 16.5. The van der Waals surface area contributed by atoms with Crippen molar-refractivity contribution in [2.45, 2.75) is 32.0 Å². The van der Waals surface area contributed by atoms with Gasteiger partial charge in [-0.15, -0.1) is 0 Å². The Hall–Kier alpha value is -3.34. The molecule has 0 radical (unpaired) electrons. The fourth-order valence-electron chi connectivity index (χ4n) is 2.99. The topological polar surface area (TPSA) is 64.4 Å². The standard InChI is InChI=1S/C22H22F3N3O2/c1-27(16-17-8-5-6-11-19(17)22(23,24)25)20(29)12-13-21(30)28(15-7-14-26)18-9-3-2-4-10-18/h2-6,8-11H,7,12-13,15-16H2,1H3. The molecular weight excluding hydrogens is 395 g/mol. The molecule has 0 saturated heterocycles. The molecule has 0 aliphatic heterocycles. The van der Waals surface area contributed by atoms with Crippen molar-refractivity contribution >= 4 is 17.5 Å². The number of alkyl halides is 3. The summed E-state index contributed by atoms with van der Waals surface area (Å²) in [5.74, 6) is -0.762. The van der Waals surface area contributed by atoms with Gasteiger partial charge in [0.2, 0.25) is 11.8 Å². The summed E-state index contributed by atoms with van der Waals surface area (Å²) >= 11 is 0. The van der Waals surface area contributed by atoms with Gasteiger partial charge in [-0.05, 0) is 23.8 Å². The van der Waals surface area contributed by atoms with Gasteiger partial charge in [-0.25, -0.2) is 0 Å². The van der Waals surface area contributed by atoms with Gasteiger partial charge in [0.1, 0.15) is 0 Å². The lowest BCUT2D eigenvalue weighted by Gasteiger charge is -2.23. The van der Waals surface area contributed by atoms with Crippen LogP contribution in [0.3, 0.4) is 0 Å². The molecule has 0 spiro atoms. The summed E-state index contributed by atoms with van der Waals surface area (Å²) in [5.41, 5.74) is -0.169. The van der Waals surface area contributed by atoms with E-state index in [4.69, 9.17) is 5.26 Å². The van der Waals surface area contributed by atoms with E-state index in [1.807, 2.05) is 6.07 Å². The highest BCUT2D eigenvalue weighted by molar-refractivity contribution is 5.95. The largest absolute Gasteiger partial charge is 0.416 e. The molecule has 30 heavy (non-hydrogen) atoms. The maximum absolute atomic E-state index is 13.1. The van der Waals surface area contributed by atoms with Gasteiger partial charge in [0.15, 0.2) is 0 Å². The van der Waals surface area contributed by atoms with Gasteiger partial charge in [0.05, 0.1) is 18.1 Å². The van der Waals surface area contributed by atoms with Gasteiger partial charge in [0.25, 0.3) is 0 Å². The van der Waals surface area contributed by atoms with E-state index >= 15 is 0 Å². The van der Waals surface area contributed by atoms with Gasteiger partial charge in [-0.2, -0.15) is 18.4 Å². The molecule has 0 aliphatic rings. The Morgan fingerprint density at radius 3 is 2.20 bits per heavy atom. The van der Waals surface area contributed by atoms with Gasteiger partial charge < -0.3 is 9.80 Å². The smallest absolute Gasteiger partial charge is 0.341 e. The minimum atomic E-state index is -4.51. The van der Waals surface area contributed by atoms with Crippen LogP contribution in [-0.2, 0) is 22.3 Å². The minimum Gasteiger partial charge on any atom is -0.341 e. The number of nitrogens with zero attached hydrogens (tertiary/aromatic N) is 3. The highest BCUT2D eigenvalue weighted by Gasteiger charge is 2.33. The quantitative estimate of drug-likeness (QED) is 0.640. The van der Waals surface area contributed by atoms with E-state index in [0.29, 0.717) is 5.69 Å². The Bertz CT molecular complexity index is 908. The molecule has 2 amide bonds. The predicted molar refractivity (Wildman–Crippen MR) is 106 cm³/mol. The molecular formula is C22H22F3N3O2. The Kier molecular flexibility index (Phi) is 7.98. The van der Waals surface area contributed by atoms with Crippen LogP contribution in [0.1, 0.15) is 30.4 Å². The van der Waals surface area contributed by atoms with Crippen LogP contribution >= 0.6 is 0 Å². The maximum atomic E-state index is 13.1. The van der Waals surface area contributed by atoms with Crippen molar-refractivity contribution in [3.05, 3.63) is 65.7 Å². The molecule has 0 atom stereocenters. The average Bonchev–Trinajstić information content (AvgIpc) is 2.72. The number of para-hydroxylation sites is 1. The predicted octanol–water partition coefficient (Wildman–Crippen LogP) is 4.39. The average molecular weight is 417 g/mol. The van der Waals surface area contributed by atoms with E-state index in [2.05, 4.69) is 0 Å². The molecule has 0 unspecified atom stereocenters. The number of halogens is 3. The summed E-state index contributed by atoms with van der Waals surface area (Å²) in [6, 6.07) is 15.9. The normalized spacial score (nSPS) is 10.9. The number of hydrogen-bond donors (Lipinski definition) is 0. The Balaban J connectivity index is 2.00. The fraction of sp³-hybridized carbons (Fsp3) is 0.318. The monoisotopic (exact) mass is 417 g/mol. The summed E-state index contributed by atoms with van der Waals surface area (Å²) in [4.78, 5) is 27.6. The number of rotatable bonds is 8. The molecule has 5 nitrogen and oxygen atoms in total. The number of hydrogen-bond acceptors (Lipinski definition) is 3. The Labute approximate surface area is 173 Å². The summed E-state index contributed by atoms with van der Waals surface area (Å²) < 4.78 is 39.4. The van der Waals surface area contributed by atoms with Crippen LogP contribution < -0.4 is 4.90 Å². The van der Waals surface area contributed by atoms with Crippen molar-refractivity contribution in [3.8, 4) is 6.07 Å². The first kappa shape index (κ1) is 22.9. The third-order valence-electron chi connectivity index (χ3n) is 4.52. The van der Waals surface area contributed by atoms with Crippen molar-refractivity contribution in [2.24, 2.45) is 0 Å². The van der Waals surface area contributed by atoms with Crippen LogP contribution in [0, 0.1) is 11.3 Å². The number of nitriles is 1. The molecule has 0 heterocycles. The maximum Gasteiger partial charge on any atom is 0.416 e. The molecule has 0 aliphatic carbocycles. The van der Waals surface area contributed by atoms with Gasteiger partial charge in [0, 0.05) is 38.7 Å². The number of carbonyl (C=O) groups excluding carboxylic acids is 2. The third-order valence-corrected chi connectivity index (χ3v) is 4.52. The van der Waals surface area contributed by atoms with Crippen molar-refractivity contribution < 1.29 is 22.8 Å². The Morgan fingerprint density at radius 1 is 0.967 bits per heavy atom. The zero-order valence-corrected chi connectivity index (χ0v) is 16.5. The number of amides is 2. The van der Waals surface area contributed by atoms with Crippen molar-refractivity contribution in [1.82, 2.24) is 4.90 Å². The molecule has 2 aromatic rings. The number of carbonyl (C=O) groups is 2. The summed E-state index contributed by atoms with van der Waals surface area (Å²) in [6.07, 6.45) is -4.61. The van der Waals surface area contributed by atoms with Gasteiger partial charge >= 0.3 is 6.18 Å². The zero-order chi connectivity index (χ0) is 22.1. The summed E-state index contributed by atoms with van der Waals surface area (Å²) in [7, 11) is 1.41. The van der Waals surface area contributed by atoms with Gasteiger partial charge in [-0.3, -0.25) is 9.59 Å². The van der Waals surface area contributed by atoms with E-state index in [9.17, 15) is 22.8 Å². The van der Waals surface area contributed by atoms with Crippen LogP contribution in [0.25, 0.3) is 0 Å².